The van der Waals surface area contributed by atoms with Crippen molar-refractivity contribution in [3.63, 3.8) is 0 Å². The van der Waals surface area contributed by atoms with Crippen LogP contribution >= 0.6 is 0 Å². The number of aromatic nitrogens is 1. The third-order valence-corrected chi connectivity index (χ3v) is 4.02. The van der Waals surface area contributed by atoms with E-state index in [1.807, 2.05) is 24.3 Å². The van der Waals surface area contributed by atoms with Crippen molar-refractivity contribution < 1.29 is 8.42 Å². The summed E-state index contributed by atoms with van der Waals surface area (Å²) < 4.78 is 25.2. The van der Waals surface area contributed by atoms with Gasteiger partial charge in [0.05, 0.1) is 5.75 Å². The molecule has 19 heavy (non-hydrogen) atoms. The largest absolute Gasteiger partial charge is 0.341 e. The van der Waals surface area contributed by atoms with E-state index in [0.29, 0.717) is 6.54 Å². The van der Waals surface area contributed by atoms with Gasteiger partial charge in [-0.3, -0.25) is 0 Å². The Balaban J connectivity index is 2.73. The van der Waals surface area contributed by atoms with E-state index in [4.69, 9.17) is 5.73 Å². The maximum Gasteiger partial charge on any atom is 0.153 e. The third-order valence-electron chi connectivity index (χ3n) is 3.20. The van der Waals surface area contributed by atoms with Gasteiger partial charge in [0.1, 0.15) is 0 Å². The highest BCUT2D eigenvalue weighted by atomic mass is 32.2. The minimum atomic E-state index is -3.05. The van der Waals surface area contributed by atoms with Crippen molar-refractivity contribution in [1.82, 2.24) is 4.57 Å². The summed E-state index contributed by atoms with van der Waals surface area (Å²) in [6.07, 6.45) is 1.26. The van der Waals surface area contributed by atoms with Crippen LogP contribution in [0.25, 0.3) is 10.9 Å². The molecule has 0 aliphatic carbocycles. The number of hydrogen-bond donors (Lipinski definition) is 1. The van der Waals surface area contributed by atoms with Crippen LogP contribution in [0.4, 0.5) is 0 Å². The molecule has 0 spiro atoms. The van der Waals surface area contributed by atoms with Crippen LogP contribution in [0.5, 0.6) is 0 Å². The number of sulfone groups is 1. The average molecular weight is 280 g/mol. The van der Waals surface area contributed by atoms with E-state index in [-0.39, 0.29) is 11.8 Å². The molecular formula is C14H20N2O2S. The van der Waals surface area contributed by atoms with Crippen LogP contribution in [-0.4, -0.2) is 19.2 Å². The van der Waals surface area contributed by atoms with Crippen molar-refractivity contribution in [1.29, 1.82) is 0 Å². The molecule has 5 heteroatoms. The molecule has 1 heterocycles. The molecular weight excluding hydrogens is 260 g/mol. The SMILES string of the molecule is CC(C)n1c(CS(C)(=O)=O)cc2c(CN)cccc21. The van der Waals surface area contributed by atoms with Crippen molar-refractivity contribution in [2.75, 3.05) is 6.26 Å². The summed E-state index contributed by atoms with van der Waals surface area (Å²) in [6, 6.07) is 8.13. The fourth-order valence-electron chi connectivity index (χ4n) is 2.53. The average Bonchev–Trinajstić information content (AvgIpc) is 2.63. The molecule has 2 rings (SSSR count). The maximum absolute atomic E-state index is 11.6. The molecule has 0 unspecified atom stereocenters. The van der Waals surface area contributed by atoms with Crippen molar-refractivity contribution in [2.24, 2.45) is 5.73 Å². The van der Waals surface area contributed by atoms with Gasteiger partial charge in [-0.1, -0.05) is 12.1 Å². The summed E-state index contributed by atoms with van der Waals surface area (Å²) in [6.45, 7) is 4.57. The van der Waals surface area contributed by atoms with Crippen LogP contribution in [-0.2, 0) is 22.1 Å². The molecule has 0 fully saturated rings. The zero-order chi connectivity index (χ0) is 14.2. The minimum Gasteiger partial charge on any atom is -0.341 e. The molecule has 0 bridgehead atoms. The van der Waals surface area contributed by atoms with E-state index < -0.39 is 9.84 Å². The molecule has 0 atom stereocenters. The Morgan fingerprint density at radius 2 is 2.00 bits per heavy atom. The highest BCUT2D eigenvalue weighted by Gasteiger charge is 2.16. The number of hydrogen-bond acceptors (Lipinski definition) is 3. The van der Waals surface area contributed by atoms with Crippen molar-refractivity contribution in [3.8, 4) is 0 Å². The molecule has 0 aliphatic rings. The lowest BCUT2D eigenvalue weighted by atomic mass is 10.1. The summed E-state index contributed by atoms with van der Waals surface area (Å²) in [5, 5.41) is 1.05. The smallest absolute Gasteiger partial charge is 0.153 e. The molecule has 0 saturated heterocycles. The number of nitrogens with two attached hydrogens (primary N) is 1. The van der Waals surface area contributed by atoms with Crippen molar-refractivity contribution in [3.05, 3.63) is 35.5 Å². The van der Waals surface area contributed by atoms with Crippen molar-refractivity contribution in [2.45, 2.75) is 32.2 Å². The summed E-state index contributed by atoms with van der Waals surface area (Å²) >= 11 is 0. The van der Waals surface area contributed by atoms with Crippen LogP contribution in [0, 0.1) is 0 Å². The van der Waals surface area contributed by atoms with E-state index >= 15 is 0 Å². The Morgan fingerprint density at radius 3 is 2.53 bits per heavy atom. The highest BCUT2D eigenvalue weighted by Crippen LogP contribution is 2.27. The van der Waals surface area contributed by atoms with E-state index in [1.165, 1.54) is 6.26 Å². The Bertz CT molecular complexity index is 700. The number of nitrogens with zero attached hydrogens (tertiary/aromatic N) is 1. The zero-order valence-corrected chi connectivity index (χ0v) is 12.4. The normalized spacial score (nSPS) is 12.5. The summed E-state index contributed by atoms with van der Waals surface area (Å²) in [5.74, 6) is 0.0594. The van der Waals surface area contributed by atoms with Gasteiger partial charge < -0.3 is 10.3 Å². The second-order valence-corrected chi connectivity index (χ2v) is 7.36. The molecule has 0 saturated carbocycles. The van der Waals surface area contributed by atoms with Gasteiger partial charge in [0, 0.05) is 35.4 Å². The van der Waals surface area contributed by atoms with Gasteiger partial charge in [0.25, 0.3) is 0 Å². The van der Waals surface area contributed by atoms with E-state index in [9.17, 15) is 8.42 Å². The van der Waals surface area contributed by atoms with Gasteiger partial charge in [0.15, 0.2) is 9.84 Å². The number of fused-ring (bicyclic) bond motifs is 1. The molecule has 0 radical (unpaired) electrons. The first kappa shape index (κ1) is 14.1. The van der Waals surface area contributed by atoms with Crippen LogP contribution in [0.15, 0.2) is 24.3 Å². The molecule has 1 aromatic carbocycles. The summed E-state index contributed by atoms with van der Waals surface area (Å²) in [5.41, 5.74) is 8.68. The van der Waals surface area contributed by atoms with Crippen LogP contribution in [0.2, 0.25) is 0 Å². The van der Waals surface area contributed by atoms with Gasteiger partial charge in [-0.05, 0) is 31.5 Å². The maximum atomic E-state index is 11.6. The second kappa shape index (κ2) is 4.98. The Labute approximate surface area is 114 Å². The molecule has 2 N–H and O–H groups in total. The molecule has 2 aromatic rings. The fourth-order valence-corrected chi connectivity index (χ4v) is 3.29. The summed E-state index contributed by atoms with van der Waals surface area (Å²) in [7, 11) is -3.05. The lowest BCUT2D eigenvalue weighted by Crippen LogP contribution is -2.10. The van der Waals surface area contributed by atoms with Gasteiger partial charge >= 0.3 is 0 Å². The van der Waals surface area contributed by atoms with Gasteiger partial charge in [0.2, 0.25) is 0 Å². The fraction of sp³-hybridized carbons (Fsp3) is 0.429. The van der Waals surface area contributed by atoms with Crippen LogP contribution in [0.1, 0.15) is 31.1 Å². The van der Waals surface area contributed by atoms with Gasteiger partial charge in [-0.15, -0.1) is 0 Å². The topological polar surface area (TPSA) is 65.1 Å². The van der Waals surface area contributed by atoms with E-state index in [0.717, 1.165) is 22.2 Å². The first-order valence-corrected chi connectivity index (χ1v) is 8.39. The van der Waals surface area contributed by atoms with Crippen LogP contribution in [0.3, 0.4) is 0 Å². The predicted octanol–water partition coefficient (Wildman–Crippen LogP) is 2.23. The van der Waals surface area contributed by atoms with Crippen molar-refractivity contribution >= 4 is 20.7 Å². The number of rotatable bonds is 4. The lowest BCUT2D eigenvalue weighted by molar-refractivity contribution is 0.585. The molecule has 104 valence electrons. The standard InChI is InChI=1S/C14H20N2O2S/c1-10(2)16-12(9-19(3,17)18)7-13-11(8-15)5-4-6-14(13)16/h4-7,10H,8-9,15H2,1-3H3. The predicted molar refractivity (Wildman–Crippen MR) is 78.8 cm³/mol. The lowest BCUT2D eigenvalue weighted by Gasteiger charge is -2.14. The molecule has 0 amide bonds. The van der Waals surface area contributed by atoms with E-state index in [2.05, 4.69) is 18.4 Å². The number of benzene rings is 1. The third kappa shape index (κ3) is 2.82. The first-order chi connectivity index (χ1) is 8.83. The molecule has 4 nitrogen and oxygen atoms in total. The highest BCUT2D eigenvalue weighted by molar-refractivity contribution is 7.89. The minimum absolute atomic E-state index is 0.0594. The van der Waals surface area contributed by atoms with Crippen LogP contribution < -0.4 is 5.73 Å². The Morgan fingerprint density at radius 1 is 1.32 bits per heavy atom. The Kier molecular flexibility index (Phi) is 3.69. The Hall–Kier alpha value is -1.33. The summed E-state index contributed by atoms with van der Waals surface area (Å²) in [4.78, 5) is 0. The molecule has 0 aliphatic heterocycles. The molecule has 1 aromatic heterocycles. The van der Waals surface area contributed by atoms with E-state index in [1.54, 1.807) is 0 Å². The monoisotopic (exact) mass is 280 g/mol. The second-order valence-electron chi connectivity index (χ2n) is 5.22. The zero-order valence-electron chi connectivity index (χ0n) is 11.6. The quantitative estimate of drug-likeness (QED) is 0.934. The van der Waals surface area contributed by atoms with Gasteiger partial charge in [-0.25, -0.2) is 8.42 Å². The first-order valence-electron chi connectivity index (χ1n) is 6.33. The van der Waals surface area contributed by atoms with Gasteiger partial charge in [-0.2, -0.15) is 0 Å².